The highest BCUT2D eigenvalue weighted by Gasteiger charge is 2.17. The van der Waals surface area contributed by atoms with Gasteiger partial charge in [0.2, 0.25) is 0 Å². The molecule has 0 aliphatic carbocycles. The predicted molar refractivity (Wildman–Crippen MR) is 80.4 cm³/mol. The van der Waals surface area contributed by atoms with E-state index in [4.69, 9.17) is 9.88 Å². The largest absolute Gasteiger partial charge is 0.497 e. The van der Waals surface area contributed by atoms with Crippen LogP contribution in [0.1, 0.15) is 18.2 Å². The van der Waals surface area contributed by atoms with Crippen LogP contribution >= 0.6 is 0 Å². The summed E-state index contributed by atoms with van der Waals surface area (Å²) < 4.78 is 29.5. The molecule has 6 nitrogen and oxygen atoms in total. The Hall–Kier alpha value is -2.12. The summed E-state index contributed by atoms with van der Waals surface area (Å²) >= 11 is 0. The quantitative estimate of drug-likeness (QED) is 0.909. The summed E-state index contributed by atoms with van der Waals surface area (Å²) in [5, 5.41) is 9.01. The summed E-state index contributed by atoms with van der Waals surface area (Å²) in [5.74, 6) is 0.754. The Labute approximate surface area is 123 Å². The van der Waals surface area contributed by atoms with Gasteiger partial charge in [-0.05, 0) is 30.2 Å². The Morgan fingerprint density at radius 3 is 2.48 bits per heavy atom. The molecule has 2 aromatic rings. The van der Waals surface area contributed by atoms with Gasteiger partial charge in [-0.15, -0.1) is 0 Å². The van der Waals surface area contributed by atoms with Gasteiger partial charge < -0.3 is 4.74 Å². The van der Waals surface area contributed by atoms with Crippen LogP contribution in [0.3, 0.4) is 0 Å². The number of aromatic nitrogens is 2. The van der Waals surface area contributed by atoms with Crippen molar-refractivity contribution in [2.45, 2.75) is 18.5 Å². The van der Waals surface area contributed by atoms with Crippen LogP contribution in [0.5, 0.6) is 5.75 Å². The topological polar surface area (TPSA) is 87.2 Å². The highest BCUT2D eigenvalue weighted by atomic mass is 32.2. The maximum absolute atomic E-state index is 11.4. The number of ether oxygens (including phenoxy) is 1. The summed E-state index contributed by atoms with van der Waals surface area (Å²) in [6, 6.07) is 8.87. The molecule has 0 fully saturated rings. The molecule has 2 rings (SSSR count). The van der Waals surface area contributed by atoms with Crippen LogP contribution in [0.4, 0.5) is 0 Å². The van der Waals surface area contributed by atoms with Crippen LogP contribution in [-0.2, 0) is 16.6 Å². The van der Waals surface area contributed by atoms with E-state index in [0.717, 1.165) is 11.3 Å². The minimum absolute atomic E-state index is 0.158. The van der Waals surface area contributed by atoms with E-state index in [2.05, 4.69) is 11.7 Å². The molecule has 0 amide bonds. The average molecular weight is 307 g/mol. The Bertz CT molecular complexity index is 761. The number of methoxy groups -OCH3 is 1. The molecule has 0 aliphatic heterocycles. The molecular formula is C14H17N3O3S. The summed E-state index contributed by atoms with van der Waals surface area (Å²) in [6.07, 6.45) is 0. The maximum atomic E-state index is 11.4. The molecule has 0 unspecified atom stereocenters. The molecule has 0 spiro atoms. The van der Waals surface area contributed by atoms with Crippen molar-refractivity contribution in [3.63, 3.8) is 0 Å². The van der Waals surface area contributed by atoms with Gasteiger partial charge in [-0.25, -0.2) is 13.6 Å². The summed E-state index contributed by atoms with van der Waals surface area (Å²) in [7, 11) is -2.24. The first-order chi connectivity index (χ1) is 9.81. The third kappa shape index (κ3) is 3.50. The molecule has 1 aromatic carbocycles. The van der Waals surface area contributed by atoms with Crippen LogP contribution in [0, 0.1) is 0 Å². The van der Waals surface area contributed by atoms with E-state index in [0.29, 0.717) is 17.8 Å². The number of primary sulfonamides is 1. The number of hydrogen-bond donors (Lipinski definition) is 1. The lowest BCUT2D eigenvalue weighted by Crippen LogP contribution is -2.13. The Balaban J connectivity index is 2.38. The minimum atomic E-state index is -3.83. The van der Waals surface area contributed by atoms with Crippen molar-refractivity contribution in [3.05, 3.63) is 48.2 Å². The highest BCUT2D eigenvalue weighted by Crippen LogP contribution is 2.19. The zero-order valence-electron chi connectivity index (χ0n) is 11.9. The van der Waals surface area contributed by atoms with Crippen molar-refractivity contribution in [2.75, 3.05) is 7.11 Å². The SMILES string of the molecule is C=C(C)c1cc(S(N)(=O)=O)nn1Cc1ccc(OC)cc1. The summed E-state index contributed by atoms with van der Waals surface area (Å²) in [4.78, 5) is 0. The first kappa shape index (κ1) is 15.3. The molecule has 0 saturated carbocycles. The van der Waals surface area contributed by atoms with Gasteiger partial charge in [0, 0.05) is 6.07 Å². The summed E-state index contributed by atoms with van der Waals surface area (Å²) in [6.45, 7) is 6.04. The van der Waals surface area contributed by atoms with Crippen LogP contribution < -0.4 is 9.88 Å². The number of hydrogen-bond acceptors (Lipinski definition) is 4. The predicted octanol–water partition coefficient (Wildman–Crippen LogP) is 1.62. The van der Waals surface area contributed by atoms with Gasteiger partial charge in [-0.1, -0.05) is 18.7 Å². The van der Waals surface area contributed by atoms with Crippen molar-refractivity contribution in [1.29, 1.82) is 0 Å². The van der Waals surface area contributed by atoms with Crippen molar-refractivity contribution in [3.8, 4) is 5.75 Å². The van der Waals surface area contributed by atoms with Gasteiger partial charge in [0.1, 0.15) is 5.75 Å². The molecule has 0 bridgehead atoms. The third-order valence-electron chi connectivity index (χ3n) is 2.98. The van der Waals surface area contributed by atoms with E-state index < -0.39 is 10.0 Å². The molecule has 112 valence electrons. The lowest BCUT2D eigenvalue weighted by Gasteiger charge is -2.07. The lowest BCUT2D eigenvalue weighted by molar-refractivity contribution is 0.414. The number of allylic oxidation sites excluding steroid dienone is 1. The number of nitrogens with two attached hydrogens (primary N) is 1. The van der Waals surface area contributed by atoms with Gasteiger partial charge >= 0.3 is 0 Å². The van der Waals surface area contributed by atoms with Crippen LogP contribution in [-0.4, -0.2) is 25.3 Å². The molecule has 7 heteroatoms. The Morgan fingerprint density at radius 2 is 2.00 bits per heavy atom. The summed E-state index contributed by atoms with van der Waals surface area (Å²) in [5.41, 5.74) is 2.31. The zero-order valence-corrected chi connectivity index (χ0v) is 12.7. The standard InChI is InChI=1S/C14H17N3O3S/c1-10(2)13-8-14(21(15,18)19)16-17(13)9-11-4-6-12(20-3)7-5-11/h4-8H,1,9H2,2-3H3,(H2,15,18,19). The molecular weight excluding hydrogens is 290 g/mol. The zero-order chi connectivity index (χ0) is 15.6. The molecule has 0 atom stereocenters. The molecule has 1 heterocycles. The second-order valence-corrected chi connectivity index (χ2v) is 6.21. The highest BCUT2D eigenvalue weighted by molar-refractivity contribution is 7.89. The number of benzene rings is 1. The average Bonchev–Trinajstić information content (AvgIpc) is 2.84. The van der Waals surface area contributed by atoms with Gasteiger partial charge in [-0.3, -0.25) is 4.68 Å². The fourth-order valence-corrected chi connectivity index (χ4v) is 2.39. The van der Waals surface area contributed by atoms with Gasteiger partial charge in [0.15, 0.2) is 5.03 Å². The van der Waals surface area contributed by atoms with Crippen LogP contribution in [0.15, 0.2) is 41.9 Å². The van der Waals surface area contributed by atoms with Gasteiger partial charge in [-0.2, -0.15) is 5.10 Å². The fraction of sp³-hybridized carbons (Fsp3) is 0.214. The van der Waals surface area contributed by atoms with Crippen molar-refractivity contribution in [2.24, 2.45) is 5.14 Å². The second kappa shape index (κ2) is 5.71. The molecule has 0 saturated heterocycles. The van der Waals surface area contributed by atoms with E-state index in [1.165, 1.54) is 6.07 Å². The van der Waals surface area contributed by atoms with Crippen molar-refractivity contribution < 1.29 is 13.2 Å². The van der Waals surface area contributed by atoms with Crippen LogP contribution in [0.25, 0.3) is 5.57 Å². The number of nitrogens with zero attached hydrogens (tertiary/aromatic N) is 2. The minimum Gasteiger partial charge on any atom is -0.497 e. The Morgan fingerprint density at radius 1 is 1.38 bits per heavy atom. The van der Waals surface area contributed by atoms with E-state index in [1.807, 2.05) is 24.3 Å². The Kier molecular flexibility index (Phi) is 4.15. The first-order valence-corrected chi connectivity index (χ1v) is 7.75. The lowest BCUT2D eigenvalue weighted by atomic mass is 10.2. The molecule has 1 aromatic heterocycles. The number of rotatable bonds is 5. The smallest absolute Gasteiger partial charge is 0.257 e. The molecule has 0 aliphatic rings. The van der Waals surface area contributed by atoms with Crippen molar-refractivity contribution in [1.82, 2.24) is 9.78 Å². The monoisotopic (exact) mass is 307 g/mol. The normalized spacial score (nSPS) is 11.4. The first-order valence-electron chi connectivity index (χ1n) is 6.20. The van der Waals surface area contributed by atoms with Gasteiger partial charge in [0.25, 0.3) is 10.0 Å². The van der Waals surface area contributed by atoms with E-state index in [1.54, 1.807) is 18.7 Å². The fourth-order valence-electron chi connectivity index (χ4n) is 1.90. The third-order valence-corrected chi connectivity index (χ3v) is 3.76. The number of sulfonamides is 1. The van der Waals surface area contributed by atoms with E-state index in [9.17, 15) is 8.42 Å². The molecule has 2 N–H and O–H groups in total. The van der Waals surface area contributed by atoms with Crippen LogP contribution in [0.2, 0.25) is 0 Å². The van der Waals surface area contributed by atoms with E-state index in [-0.39, 0.29) is 5.03 Å². The molecule has 21 heavy (non-hydrogen) atoms. The van der Waals surface area contributed by atoms with Crippen molar-refractivity contribution >= 4 is 15.6 Å². The van der Waals surface area contributed by atoms with Gasteiger partial charge in [0.05, 0.1) is 19.3 Å². The maximum Gasteiger partial charge on any atom is 0.257 e. The second-order valence-electron chi connectivity index (χ2n) is 4.70. The van der Waals surface area contributed by atoms with E-state index >= 15 is 0 Å². The molecule has 0 radical (unpaired) electrons.